The number of hydrazone groups is 1. The Morgan fingerprint density at radius 1 is 1.00 bits per heavy atom. The molecule has 3 aromatic rings. The van der Waals surface area contributed by atoms with Gasteiger partial charge in [-0.1, -0.05) is 72.7 Å². The summed E-state index contributed by atoms with van der Waals surface area (Å²) in [6, 6.07) is 16.2. The Kier molecular flexibility index (Phi) is 9.25. The van der Waals surface area contributed by atoms with Gasteiger partial charge in [0.2, 0.25) is 0 Å². The molecule has 3 rings (SSSR count). The molecule has 1 N–H and O–H groups in total. The number of hydrogen-bond acceptors (Lipinski definition) is 4. The molecule has 5 nitrogen and oxygen atoms in total. The zero-order chi connectivity index (χ0) is 23.1. The third-order valence-corrected chi connectivity index (χ3v) is 6.25. The molecule has 0 saturated carbocycles. The summed E-state index contributed by atoms with van der Waals surface area (Å²) < 4.78 is 13.1. The van der Waals surface area contributed by atoms with Crippen LogP contribution in [0.1, 0.15) is 11.1 Å². The highest BCUT2D eigenvalue weighted by atomic mass is 79.9. The molecular formula is C22H15Br2Cl3N2O3. The monoisotopic (exact) mass is 618 g/mol. The van der Waals surface area contributed by atoms with Crippen molar-refractivity contribution in [3.8, 4) is 11.5 Å². The summed E-state index contributed by atoms with van der Waals surface area (Å²) in [5.74, 6) is 0.467. The predicted octanol–water partition coefficient (Wildman–Crippen LogP) is 7.28. The summed E-state index contributed by atoms with van der Waals surface area (Å²) in [5.41, 5.74) is 4.20. The molecule has 0 aliphatic heterocycles. The van der Waals surface area contributed by atoms with Gasteiger partial charge in [0.25, 0.3) is 5.91 Å². The van der Waals surface area contributed by atoms with Crippen molar-refractivity contribution in [2.45, 2.75) is 6.61 Å². The van der Waals surface area contributed by atoms with E-state index in [1.165, 1.54) is 18.3 Å². The first-order valence-corrected chi connectivity index (χ1v) is 11.8. The Morgan fingerprint density at radius 3 is 2.47 bits per heavy atom. The third kappa shape index (κ3) is 7.39. The van der Waals surface area contributed by atoms with E-state index in [0.717, 1.165) is 20.1 Å². The van der Waals surface area contributed by atoms with Crippen LogP contribution in [0, 0.1) is 0 Å². The number of hydrogen-bond donors (Lipinski definition) is 1. The van der Waals surface area contributed by atoms with Crippen molar-refractivity contribution in [2.75, 3.05) is 6.61 Å². The maximum Gasteiger partial charge on any atom is 0.277 e. The Morgan fingerprint density at radius 2 is 1.75 bits per heavy atom. The lowest BCUT2D eigenvalue weighted by Gasteiger charge is -2.09. The molecule has 0 aromatic heterocycles. The maximum atomic E-state index is 11.9. The second-order valence-corrected chi connectivity index (χ2v) is 9.37. The van der Waals surface area contributed by atoms with Gasteiger partial charge >= 0.3 is 0 Å². The van der Waals surface area contributed by atoms with Crippen LogP contribution in [0.25, 0.3) is 0 Å². The molecular weight excluding hydrogens is 606 g/mol. The molecule has 0 aliphatic carbocycles. The fraction of sp³-hybridized carbons (Fsp3) is 0.0909. The van der Waals surface area contributed by atoms with Crippen molar-refractivity contribution >= 4 is 78.8 Å². The molecule has 0 aliphatic rings. The SMILES string of the molecule is O=C(COc1cc(Cl)cc(Cl)c1Cl)NN=Cc1ccc(OCc2ccc(Br)cc2Br)cc1. The van der Waals surface area contributed by atoms with E-state index in [2.05, 4.69) is 42.4 Å². The molecule has 3 aromatic carbocycles. The molecule has 166 valence electrons. The zero-order valence-corrected chi connectivity index (χ0v) is 21.7. The van der Waals surface area contributed by atoms with Crippen LogP contribution in [0.5, 0.6) is 11.5 Å². The molecule has 0 fully saturated rings. The fourth-order valence-electron chi connectivity index (χ4n) is 2.44. The van der Waals surface area contributed by atoms with Crippen molar-refractivity contribution in [2.24, 2.45) is 5.10 Å². The second kappa shape index (κ2) is 11.9. The van der Waals surface area contributed by atoms with E-state index in [9.17, 15) is 4.79 Å². The van der Waals surface area contributed by atoms with Crippen LogP contribution in [0.3, 0.4) is 0 Å². The number of carbonyl (C=O) groups is 1. The van der Waals surface area contributed by atoms with E-state index < -0.39 is 5.91 Å². The predicted molar refractivity (Wildman–Crippen MR) is 135 cm³/mol. The molecule has 0 atom stereocenters. The minimum Gasteiger partial charge on any atom is -0.489 e. The Labute approximate surface area is 216 Å². The van der Waals surface area contributed by atoms with E-state index in [1.807, 2.05) is 42.5 Å². The van der Waals surface area contributed by atoms with Crippen LogP contribution < -0.4 is 14.9 Å². The minimum atomic E-state index is -0.464. The molecule has 0 bridgehead atoms. The first-order chi connectivity index (χ1) is 15.3. The second-order valence-electron chi connectivity index (χ2n) is 6.38. The Bertz CT molecular complexity index is 1140. The summed E-state index contributed by atoms with van der Waals surface area (Å²) in [6.07, 6.45) is 1.51. The Balaban J connectivity index is 1.46. The number of rotatable bonds is 8. The van der Waals surface area contributed by atoms with Crippen molar-refractivity contribution in [3.05, 3.63) is 89.7 Å². The minimum absolute atomic E-state index is 0.183. The van der Waals surface area contributed by atoms with Gasteiger partial charge in [-0.3, -0.25) is 4.79 Å². The van der Waals surface area contributed by atoms with Crippen LogP contribution in [0.15, 0.2) is 68.6 Å². The third-order valence-electron chi connectivity index (χ3n) is 4.01. The van der Waals surface area contributed by atoms with Gasteiger partial charge in [-0.25, -0.2) is 5.43 Å². The average molecular weight is 622 g/mol. The maximum absolute atomic E-state index is 11.9. The smallest absolute Gasteiger partial charge is 0.277 e. The number of nitrogens with zero attached hydrogens (tertiary/aromatic N) is 1. The molecule has 1 amide bonds. The van der Waals surface area contributed by atoms with Crippen molar-refractivity contribution in [1.29, 1.82) is 0 Å². The van der Waals surface area contributed by atoms with Crippen molar-refractivity contribution < 1.29 is 14.3 Å². The van der Waals surface area contributed by atoms with Gasteiger partial charge in [0.05, 0.1) is 11.2 Å². The summed E-state index contributed by atoms with van der Waals surface area (Å²) in [6.45, 7) is 0.130. The molecule has 32 heavy (non-hydrogen) atoms. The molecule has 0 unspecified atom stereocenters. The normalized spacial score (nSPS) is 10.9. The van der Waals surface area contributed by atoms with Crippen molar-refractivity contribution in [3.63, 3.8) is 0 Å². The summed E-state index contributed by atoms with van der Waals surface area (Å²) in [4.78, 5) is 11.9. The topological polar surface area (TPSA) is 59.9 Å². The summed E-state index contributed by atoms with van der Waals surface area (Å²) in [5, 5.41) is 4.69. The van der Waals surface area contributed by atoms with Gasteiger partial charge in [-0.05, 0) is 48.0 Å². The van der Waals surface area contributed by atoms with Gasteiger partial charge < -0.3 is 9.47 Å². The Hall–Kier alpha value is -1.77. The summed E-state index contributed by atoms with van der Waals surface area (Å²) in [7, 11) is 0. The van der Waals surface area contributed by atoms with Gasteiger partial charge in [0, 0.05) is 25.6 Å². The highest BCUT2D eigenvalue weighted by Crippen LogP contribution is 2.35. The average Bonchev–Trinajstić information content (AvgIpc) is 2.75. The van der Waals surface area contributed by atoms with Crippen LogP contribution in [0.4, 0.5) is 0 Å². The van der Waals surface area contributed by atoms with Crippen LogP contribution in [0.2, 0.25) is 15.1 Å². The lowest BCUT2D eigenvalue weighted by Crippen LogP contribution is -2.24. The molecule has 10 heteroatoms. The highest BCUT2D eigenvalue weighted by molar-refractivity contribution is 9.11. The lowest BCUT2D eigenvalue weighted by molar-refractivity contribution is -0.123. The molecule has 0 radical (unpaired) electrons. The number of halogens is 5. The van der Waals surface area contributed by atoms with Crippen LogP contribution in [-0.2, 0) is 11.4 Å². The number of nitrogens with one attached hydrogen (secondary N) is 1. The standard InChI is InChI=1S/C22H15Br2Cl3N2O3/c23-15-4-3-14(18(24)7-15)11-31-17-5-1-13(2-6-17)10-28-29-21(30)12-32-20-9-16(25)8-19(26)22(20)27/h1-10H,11-12H2,(H,29,30). The van der Waals surface area contributed by atoms with Gasteiger partial charge in [0.15, 0.2) is 6.61 Å². The van der Waals surface area contributed by atoms with Gasteiger partial charge in [0.1, 0.15) is 23.1 Å². The van der Waals surface area contributed by atoms with Crippen LogP contribution in [-0.4, -0.2) is 18.7 Å². The van der Waals surface area contributed by atoms with E-state index >= 15 is 0 Å². The first-order valence-electron chi connectivity index (χ1n) is 9.08. The fourth-order valence-corrected chi connectivity index (χ4v) is 4.24. The van der Waals surface area contributed by atoms with E-state index in [0.29, 0.717) is 17.4 Å². The van der Waals surface area contributed by atoms with E-state index in [-0.39, 0.29) is 22.4 Å². The first kappa shape index (κ1) is 24.9. The lowest BCUT2D eigenvalue weighted by atomic mass is 10.2. The number of carbonyl (C=O) groups excluding carboxylic acids is 1. The number of benzene rings is 3. The quantitative estimate of drug-likeness (QED) is 0.163. The number of amides is 1. The number of ether oxygens (including phenoxy) is 2. The molecule has 0 saturated heterocycles. The molecule has 0 heterocycles. The van der Waals surface area contributed by atoms with Gasteiger partial charge in [-0.15, -0.1) is 0 Å². The van der Waals surface area contributed by atoms with E-state index in [4.69, 9.17) is 44.3 Å². The zero-order valence-electron chi connectivity index (χ0n) is 16.2. The van der Waals surface area contributed by atoms with Crippen molar-refractivity contribution in [1.82, 2.24) is 5.43 Å². The van der Waals surface area contributed by atoms with Crippen LogP contribution >= 0.6 is 66.7 Å². The summed E-state index contributed by atoms with van der Waals surface area (Å²) >= 11 is 24.8. The van der Waals surface area contributed by atoms with E-state index in [1.54, 1.807) is 0 Å². The largest absolute Gasteiger partial charge is 0.489 e. The highest BCUT2D eigenvalue weighted by Gasteiger charge is 2.10. The molecule has 0 spiro atoms. The van der Waals surface area contributed by atoms with Gasteiger partial charge in [-0.2, -0.15) is 5.10 Å².